The van der Waals surface area contributed by atoms with Crippen molar-refractivity contribution in [1.82, 2.24) is 5.32 Å². The van der Waals surface area contributed by atoms with Gasteiger partial charge in [-0.1, -0.05) is 11.6 Å². The summed E-state index contributed by atoms with van der Waals surface area (Å²) in [6.45, 7) is -0.296. The number of nitro groups is 1. The Kier molecular flexibility index (Phi) is 7.30. The maximum absolute atomic E-state index is 11.9. The number of ether oxygens (including phenoxy) is 2. The summed E-state index contributed by atoms with van der Waals surface area (Å²) in [4.78, 5) is 33.8. The quantitative estimate of drug-likeness (QED) is 0.309. The van der Waals surface area contributed by atoms with Gasteiger partial charge in [-0.05, 0) is 36.4 Å². The summed E-state index contributed by atoms with van der Waals surface area (Å²) in [6.07, 6.45) is 0.160. The Morgan fingerprint density at radius 2 is 1.93 bits per heavy atom. The second-order valence-electron chi connectivity index (χ2n) is 5.33. The summed E-state index contributed by atoms with van der Waals surface area (Å²) in [6, 6.07) is 11.5. The van der Waals surface area contributed by atoms with Crippen LogP contribution in [-0.2, 0) is 9.53 Å². The highest BCUT2D eigenvalue weighted by molar-refractivity contribution is 6.30. The van der Waals surface area contributed by atoms with E-state index in [1.807, 2.05) is 6.07 Å². The van der Waals surface area contributed by atoms with Crippen molar-refractivity contribution in [3.8, 4) is 17.6 Å². The van der Waals surface area contributed by atoms with Crippen LogP contribution in [0.5, 0.6) is 11.5 Å². The van der Waals surface area contributed by atoms with Gasteiger partial charge in [0, 0.05) is 17.6 Å². The molecule has 0 fully saturated rings. The molecule has 0 aliphatic rings. The highest BCUT2D eigenvalue weighted by atomic mass is 35.5. The van der Waals surface area contributed by atoms with E-state index >= 15 is 0 Å². The standard InChI is InChI=1S/C18H14ClN3O6/c19-13-4-7-16(15(10-13)22(25)26)28-14-5-2-12(3-6-14)18(24)27-11-17(23)21-9-1-8-20/h2-7,10H,1,9,11H2,(H,21,23). The zero-order valence-electron chi connectivity index (χ0n) is 14.4. The molecule has 1 amide bonds. The summed E-state index contributed by atoms with van der Waals surface area (Å²) in [5, 5.41) is 22.1. The SMILES string of the molecule is N#CCCNC(=O)COC(=O)c1ccc(Oc2ccc(Cl)cc2[N+](=O)[O-])cc1. The molecule has 0 saturated carbocycles. The number of hydrogen-bond donors (Lipinski definition) is 1. The highest BCUT2D eigenvalue weighted by Crippen LogP contribution is 2.33. The van der Waals surface area contributed by atoms with Crippen molar-refractivity contribution in [2.24, 2.45) is 0 Å². The lowest BCUT2D eigenvalue weighted by Gasteiger charge is -2.08. The number of carbonyl (C=O) groups is 2. The Morgan fingerprint density at radius 1 is 1.21 bits per heavy atom. The largest absolute Gasteiger partial charge is 0.452 e. The van der Waals surface area contributed by atoms with Crippen molar-refractivity contribution in [2.45, 2.75) is 6.42 Å². The molecule has 0 aromatic heterocycles. The normalized spacial score (nSPS) is 9.86. The topological polar surface area (TPSA) is 132 Å². The minimum absolute atomic E-state index is 0.00114. The monoisotopic (exact) mass is 403 g/mol. The zero-order chi connectivity index (χ0) is 20.5. The van der Waals surface area contributed by atoms with Crippen LogP contribution in [0.2, 0.25) is 5.02 Å². The number of nitriles is 1. The molecule has 2 aromatic rings. The van der Waals surface area contributed by atoms with Crippen molar-refractivity contribution < 1.29 is 24.0 Å². The number of rotatable bonds is 8. The van der Waals surface area contributed by atoms with Crippen LogP contribution in [0.25, 0.3) is 0 Å². The third kappa shape index (κ3) is 5.96. The fourth-order valence-corrected chi connectivity index (χ4v) is 2.20. The molecule has 2 rings (SSSR count). The molecule has 0 spiro atoms. The van der Waals surface area contributed by atoms with Crippen molar-refractivity contribution >= 4 is 29.2 Å². The van der Waals surface area contributed by atoms with E-state index < -0.39 is 23.4 Å². The summed E-state index contributed by atoms with van der Waals surface area (Å²) >= 11 is 5.75. The third-order valence-electron chi connectivity index (χ3n) is 3.33. The minimum Gasteiger partial charge on any atom is -0.452 e. The molecule has 2 aromatic carbocycles. The number of carbonyl (C=O) groups excluding carboxylic acids is 2. The van der Waals surface area contributed by atoms with E-state index in [2.05, 4.69) is 5.32 Å². The van der Waals surface area contributed by atoms with Gasteiger partial charge in [0.25, 0.3) is 5.91 Å². The van der Waals surface area contributed by atoms with Gasteiger partial charge in [-0.15, -0.1) is 0 Å². The van der Waals surface area contributed by atoms with Crippen molar-refractivity contribution in [1.29, 1.82) is 5.26 Å². The fraction of sp³-hybridized carbons (Fsp3) is 0.167. The van der Waals surface area contributed by atoms with Gasteiger partial charge in [-0.2, -0.15) is 5.26 Å². The van der Waals surface area contributed by atoms with E-state index in [4.69, 9.17) is 26.3 Å². The number of amides is 1. The van der Waals surface area contributed by atoms with Crippen molar-refractivity contribution in [2.75, 3.05) is 13.2 Å². The molecule has 10 heteroatoms. The van der Waals surface area contributed by atoms with Gasteiger partial charge in [-0.25, -0.2) is 4.79 Å². The maximum atomic E-state index is 11.9. The first-order valence-electron chi connectivity index (χ1n) is 7.93. The molecule has 0 saturated heterocycles. The van der Waals surface area contributed by atoms with E-state index in [9.17, 15) is 19.7 Å². The van der Waals surface area contributed by atoms with Crippen LogP contribution in [0, 0.1) is 21.4 Å². The van der Waals surface area contributed by atoms with Crippen LogP contribution in [0.1, 0.15) is 16.8 Å². The predicted molar refractivity (Wildman–Crippen MR) is 98.1 cm³/mol. The van der Waals surface area contributed by atoms with Gasteiger partial charge in [-0.3, -0.25) is 14.9 Å². The van der Waals surface area contributed by atoms with Crippen LogP contribution in [-0.4, -0.2) is 30.0 Å². The van der Waals surface area contributed by atoms with Gasteiger partial charge in [0.1, 0.15) is 5.75 Å². The van der Waals surface area contributed by atoms with Gasteiger partial charge >= 0.3 is 11.7 Å². The smallest absolute Gasteiger partial charge is 0.338 e. The second kappa shape index (κ2) is 9.89. The molecule has 28 heavy (non-hydrogen) atoms. The molecule has 0 aliphatic carbocycles. The predicted octanol–water partition coefficient (Wildman–Crippen LogP) is 3.23. The van der Waals surface area contributed by atoms with Crippen LogP contribution >= 0.6 is 11.6 Å². The fourth-order valence-electron chi connectivity index (χ4n) is 2.03. The number of nitrogens with one attached hydrogen (secondary N) is 1. The molecular formula is C18H14ClN3O6. The lowest BCUT2D eigenvalue weighted by Crippen LogP contribution is -2.29. The van der Waals surface area contributed by atoms with E-state index in [0.29, 0.717) is 0 Å². The van der Waals surface area contributed by atoms with Crippen LogP contribution in [0.4, 0.5) is 5.69 Å². The minimum atomic E-state index is -0.723. The Balaban J connectivity index is 1.96. The van der Waals surface area contributed by atoms with E-state index in [-0.39, 0.29) is 40.7 Å². The number of benzene rings is 2. The first-order valence-corrected chi connectivity index (χ1v) is 8.31. The number of halogens is 1. The number of esters is 1. The summed E-state index contributed by atoms with van der Waals surface area (Å²) in [5.74, 6) is -0.979. The Bertz CT molecular complexity index is 924. The average Bonchev–Trinajstić information content (AvgIpc) is 2.68. The van der Waals surface area contributed by atoms with Crippen molar-refractivity contribution in [3.63, 3.8) is 0 Å². The Morgan fingerprint density at radius 3 is 2.57 bits per heavy atom. The van der Waals surface area contributed by atoms with Gasteiger partial charge in [0.15, 0.2) is 6.61 Å². The molecule has 0 atom stereocenters. The van der Waals surface area contributed by atoms with E-state index in [1.165, 1.54) is 42.5 Å². The Labute approximate surface area is 164 Å². The first kappa shape index (κ1) is 20.7. The highest BCUT2D eigenvalue weighted by Gasteiger charge is 2.17. The molecule has 0 bridgehead atoms. The molecule has 0 heterocycles. The van der Waals surface area contributed by atoms with Crippen molar-refractivity contribution in [3.05, 3.63) is 63.2 Å². The lowest BCUT2D eigenvalue weighted by molar-refractivity contribution is -0.385. The number of hydrogen-bond acceptors (Lipinski definition) is 7. The first-order chi connectivity index (χ1) is 13.4. The van der Waals surface area contributed by atoms with Gasteiger partial charge in [0.05, 0.1) is 23.0 Å². The number of nitro benzene ring substituents is 1. The van der Waals surface area contributed by atoms with Crippen LogP contribution in [0.3, 0.4) is 0 Å². The molecule has 0 radical (unpaired) electrons. The average molecular weight is 404 g/mol. The molecular weight excluding hydrogens is 390 g/mol. The maximum Gasteiger partial charge on any atom is 0.338 e. The molecule has 1 N–H and O–H groups in total. The van der Waals surface area contributed by atoms with Crippen LogP contribution in [0.15, 0.2) is 42.5 Å². The van der Waals surface area contributed by atoms with Gasteiger partial charge < -0.3 is 14.8 Å². The van der Waals surface area contributed by atoms with Gasteiger partial charge in [0.2, 0.25) is 5.75 Å². The second-order valence-corrected chi connectivity index (χ2v) is 5.77. The molecule has 0 unspecified atom stereocenters. The van der Waals surface area contributed by atoms with E-state index in [1.54, 1.807) is 0 Å². The molecule has 9 nitrogen and oxygen atoms in total. The Hall–Kier alpha value is -3.64. The van der Waals surface area contributed by atoms with E-state index in [0.717, 1.165) is 0 Å². The summed E-state index contributed by atoms with van der Waals surface area (Å²) in [5.41, 5.74) is -0.124. The molecule has 0 aliphatic heterocycles. The lowest BCUT2D eigenvalue weighted by atomic mass is 10.2. The third-order valence-corrected chi connectivity index (χ3v) is 3.56. The number of nitrogens with zero attached hydrogens (tertiary/aromatic N) is 2. The molecule has 144 valence electrons. The summed E-state index contributed by atoms with van der Waals surface area (Å²) in [7, 11) is 0. The summed E-state index contributed by atoms with van der Waals surface area (Å²) < 4.78 is 10.3. The van der Waals surface area contributed by atoms with Crippen LogP contribution < -0.4 is 10.1 Å². The zero-order valence-corrected chi connectivity index (χ0v) is 15.1.